The largest absolute Gasteiger partial charge is 0.462 e. The van der Waals surface area contributed by atoms with E-state index in [4.69, 9.17) is 4.74 Å². The van der Waals surface area contributed by atoms with Crippen molar-refractivity contribution >= 4 is 5.97 Å². The number of rotatable bonds is 4. The van der Waals surface area contributed by atoms with Crippen molar-refractivity contribution in [3.05, 3.63) is 0 Å². The van der Waals surface area contributed by atoms with Crippen LogP contribution in [-0.2, 0) is 9.53 Å². The van der Waals surface area contributed by atoms with Crippen LogP contribution >= 0.6 is 0 Å². The number of esters is 1. The number of hydrogen-bond acceptors (Lipinski definition) is 3. The van der Waals surface area contributed by atoms with Gasteiger partial charge in [-0.15, -0.1) is 0 Å². The molecule has 1 aliphatic rings. The Morgan fingerprint density at radius 3 is 2.44 bits per heavy atom. The first kappa shape index (κ1) is 13.5. The van der Waals surface area contributed by atoms with Crippen molar-refractivity contribution in [1.29, 1.82) is 0 Å². The van der Waals surface area contributed by atoms with Crippen LogP contribution in [0.5, 0.6) is 0 Å². The predicted molar refractivity (Wildman–Crippen MR) is 65.3 cm³/mol. The van der Waals surface area contributed by atoms with Crippen molar-refractivity contribution in [1.82, 2.24) is 4.90 Å². The summed E-state index contributed by atoms with van der Waals surface area (Å²) < 4.78 is 5.41. The third kappa shape index (κ3) is 3.48. The molecule has 3 nitrogen and oxygen atoms in total. The quantitative estimate of drug-likeness (QED) is 0.691. The molecule has 3 atom stereocenters. The van der Waals surface area contributed by atoms with Crippen LogP contribution in [0.3, 0.4) is 0 Å². The Balaban J connectivity index is 2.55. The zero-order valence-electron chi connectivity index (χ0n) is 11.0. The monoisotopic (exact) mass is 227 g/mol. The summed E-state index contributed by atoms with van der Waals surface area (Å²) in [6, 6.07) is 0.593. The lowest BCUT2D eigenvalue weighted by molar-refractivity contribution is -0.151. The molecule has 0 aromatic heterocycles. The van der Waals surface area contributed by atoms with E-state index in [1.807, 2.05) is 0 Å². The van der Waals surface area contributed by atoms with Crippen molar-refractivity contribution < 1.29 is 9.53 Å². The summed E-state index contributed by atoms with van der Waals surface area (Å²) in [6.07, 6.45) is 3.53. The smallest absolute Gasteiger partial charge is 0.302 e. The van der Waals surface area contributed by atoms with Crippen LogP contribution in [0.4, 0.5) is 0 Å². The molecule has 0 heterocycles. The van der Waals surface area contributed by atoms with Gasteiger partial charge in [0.2, 0.25) is 0 Å². The fraction of sp³-hybridized carbons (Fsp3) is 0.923. The summed E-state index contributed by atoms with van der Waals surface area (Å²) in [4.78, 5) is 13.5. The standard InChI is InChI=1S/C13H25NO2/c1-5-14(6-2)12-8-7-10(3)13(9-12)16-11(4)15/h10,12-13H,5-9H2,1-4H3. The summed E-state index contributed by atoms with van der Waals surface area (Å²) in [7, 11) is 0. The average Bonchev–Trinajstić information content (AvgIpc) is 2.23. The Morgan fingerprint density at radius 1 is 1.31 bits per heavy atom. The van der Waals surface area contributed by atoms with Crippen molar-refractivity contribution in [3.63, 3.8) is 0 Å². The van der Waals surface area contributed by atoms with E-state index >= 15 is 0 Å². The maximum atomic E-state index is 11.0. The van der Waals surface area contributed by atoms with E-state index in [9.17, 15) is 4.79 Å². The molecular formula is C13H25NO2. The van der Waals surface area contributed by atoms with Crippen LogP contribution in [0.1, 0.15) is 47.0 Å². The summed E-state index contributed by atoms with van der Waals surface area (Å²) in [5, 5.41) is 0. The molecule has 0 aromatic carbocycles. The SMILES string of the molecule is CCN(CC)C1CCC(C)C(OC(C)=O)C1. The molecule has 1 aliphatic carbocycles. The topological polar surface area (TPSA) is 29.5 Å². The molecule has 0 N–H and O–H groups in total. The highest BCUT2D eigenvalue weighted by atomic mass is 16.5. The van der Waals surface area contributed by atoms with Crippen LogP contribution in [0.25, 0.3) is 0 Å². The predicted octanol–water partition coefficient (Wildman–Crippen LogP) is 2.45. The lowest BCUT2D eigenvalue weighted by Crippen LogP contribution is -2.43. The zero-order chi connectivity index (χ0) is 12.1. The van der Waals surface area contributed by atoms with E-state index in [1.54, 1.807) is 0 Å². The molecule has 0 amide bonds. The first-order valence-corrected chi connectivity index (χ1v) is 6.49. The fourth-order valence-corrected chi connectivity index (χ4v) is 2.71. The van der Waals surface area contributed by atoms with Crippen LogP contribution < -0.4 is 0 Å². The van der Waals surface area contributed by atoms with E-state index in [2.05, 4.69) is 25.7 Å². The fourth-order valence-electron chi connectivity index (χ4n) is 2.71. The molecule has 3 unspecified atom stereocenters. The van der Waals surface area contributed by atoms with E-state index < -0.39 is 0 Å². The average molecular weight is 227 g/mol. The molecule has 3 heteroatoms. The van der Waals surface area contributed by atoms with Crippen molar-refractivity contribution in [2.75, 3.05) is 13.1 Å². The second-order valence-electron chi connectivity index (χ2n) is 4.81. The van der Waals surface area contributed by atoms with Gasteiger partial charge in [-0.1, -0.05) is 20.8 Å². The van der Waals surface area contributed by atoms with Gasteiger partial charge in [0.1, 0.15) is 6.10 Å². The van der Waals surface area contributed by atoms with Crippen LogP contribution in [0, 0.1) is 5.92 Å². The number of carbonyl (C=O) groups is 1. The zero-order valence-corrected chi connectivity index (χ0v) is 11.0. The Labute approximate surface area is 99.1 Å². The molecule has 94 valence electrons. The lowest BCUT2D eigenvalue weighted by Gasteiger charge is -2.39. The Hall–Kier alpha value is -0.570. The highest BCUT2D eigenvalue weighted by Gasteiger charge is 2.31. The maximum absolute atomic E-state index is 11.0. The maximum Gasteiger partial charge on any atom is 0.302 e. The first-order chi connectivity index (χ1) is 7.58. The van der Waals surface area contributed by atoms with Gasteiger partial charge in [0.25, 0.3) is 0 Å². The highest BCUT2D eigenvalue weighted by molar-refractivity contribution is 5.66. The minimum atomic E-state index is -0.142. The molecule has 0 radical (unpaired) electrons. The Kier molecular flexibility index (Phi) is 5.26. The third-order valence-corrected chi connectivity index (χ3v) is 3.74. The third-order valence-electron chi connectivity index (χ3n) is 3.74. The van der Waals surface area contributed by atoms with Crippen molar-refractivity contribution in [2.45, 2.75) is 59.1 Å². The second-order valence-corrected chi connectivity index (χ2v) is 4.81. The normalized spacial score (nSPS) is 30.4. The van der Waals surface area contributed by atoms with Gasteiger partial charge in [0.05, 0.1) is 0 Å². The van der Waals surface area contributed by atoms with Gasteiger partial charge in [0, 0.05) is 19.4 Å². The van der Waals surface area contributed by atoms with Crippen LogP contribution in [0.15, 0.2) is 0 Å². The van der Waals surface area contributed by atoms with Crippen LogP contribution in [0.2, 0.25) is 0 Å². The summed E-state index contributed by atoms with van der Waals surface area (Å²) in [5.74, 6) is 0.368. The number of nitrogens with zero attached hydrogens (tertiary/aromatic N) is 1. The molecule has 0 aliphatic heterocycles. The molecule has 0 spiro atoms. The van der Waals surface area contributed by atoms with Gasteiger partial charge >= 0.3 is 5.97 Å². The van der Waals surface area contributed by atoms with Crippen molar-refractivity contribution in [3.8, 4) is 0 Å². The first-order valence-electron chi connectivity index (χ1n) is 6.49. The molecule has 0 saturated heterocycles. The van der Waals surface area contributed by atoms with Gasteiger partial charge < -0.3 is 9.64 Å². The van der Waals surface area contributed by atoms with Gasteiger partial charge in [-0.3, -0.25) is 4.79 Å². The molecule has 1 rings (SSSR count). The molecular weight excluding hydrogens is 202 g/mol. The van der Waals surface area contributed by atoms with E-state index in [0.717, 1.165) is 19.5 Å². The summed E-state index contributed by atoms with van der Waals surface area (Å²) in [5.41, 5.74) is 0. The van der Waals surface area contributed by atoms with E-state index in [0.29, 0.717) is 12.0 Å². The number of carbonyl (C=O) groups excluding carboxylic acids is 1. The Bertz CT molecular complexity index is 226. The molecule has 1 fully saturated rings. The highest BCUT2D eigenvalue weighted by Crippen LogP contribution is 2.29. The minimum Gasteiger partial charge on any atom is -0.462 e. The van der Waals surface area contributed by atoms with E-state index in [-0.39, 0.29) is 12.1 Å². The van der Waals surface area contributed by atoms with E-state index in [1.165, 1.54) is 19.8 Å². The van der Waals surface area contributed by atoms with Gasteiger partial charge in [-0.25, -0.2) is 0 Å². The molecule has 1 saturated carbocycles. The summed E-state index contributed by atoms with van der Waals surface area (Å²) >= 11 is 0. The van der Waals surface area contributed by atoms with Crippen LogP contribution in [-0.4, -0.2) is 36.1 Å². The summed E-state index contributed by atoms with van der Waals surface area (Å²) in [6.45, 7) is 10.3. The van der Waals surface area contributed by atoms with Gasteiger partial charge in [0.15, 0.2) is 0 Å². The minimum absolute atomic E-state index is 0.122. The lowest BCUT2D eigenvalue weighted by atomic mass is 9.84. The van der Waals surface area contributed by atoms with Crippen molar-refractivity contribution in [2.24, 2.45) is 5.92 Å². The number of hydrogen-bond donors (Lipinski definition) is 0. The molecule has 16 heavy (non-hydrogen) atoms. The Morgan fingerprint density at radius 2 is 1.94 bits per heavy atom. The number of ether oxygens (including phenoxy) is 1. The van der Waals surface area contributed by atoms with Gasteiger partial charge in [-0.2, -0.15) is 0 Å². The molecule has 0 bridgehead atoms. The second kappa shape index (κ2) is 6.24. The van der Waals surface area contributed by atoms with Gasteiger partial charge in [-0.05, 0) is 31.8 Å². The molecule has 0 aromatic rings.